The first kappa shape index (κ1) is 17.0. The molecule has 5 unspecified atom stereocenters. The van der Waals surface area contributed by atoms with Gasteiger partial charge in [-0.2, -0.15) is 0 Å². The van der Waals surface area contributed by atoms with E-state index in [9.17, 15) is 9.59 Å². The molecule has 0 aromatic rings. The first-order valence-electron chi connectivity index (χ1n) is 10.3. The lowest BCUT2D eigenvalue weighted by Crippen LogP contribution is -2.77. The second kappa shape index (κ2) is 5.03. The first-order valence-corrected chi connectivity index (χ1v) is 10.3. The Labute approximate surface area is 155 Å². The van der Waals surface area contributed by atoms with Gasteiger partial charge in [0.1, 0.15) is 6.10 Å². The highest BCUT2D eigenvalue weighted by molar-refractivity contribution is 5.79. The molecule has 5 heteroatoms. The largest absolute Gasteiger partial charge is 0.462 e. The molecule has 0 aromatic heterocycles. The molecule has 144 valence electrons. The number of hydrogen-bond acceptors (Lipinski definition) is 5. The topological polar surface area (TPSA) is 55.8 Å². The van der Waals surface area contributed by atoms with Crippen LogP contribution in [0.15, 0.2) is 0 Å². The smallest absolute Gasteiger partial charge is 0.331 e. The van der Waals surface area contributed by atoms with Crippen LogP contribution in [-0.2, 0) is 19.2 Å². The molecule has 2 aliphatic heterocycles. The number of fused-ring (bicyclic) bond motifs is 1. The Hall–Kier alpha value is -1.10. The standard InChI is InChI=1S/C21H31NO4/c1-12(23)25-16-10-19(2,3)22-20(4,11-16)17-15-6-13-5-14(7-15)9-21(17,8-13)18(24)26-22/h13-17H,5-11H2,1-4H3. The fourth-order valence-electron chi connectivity index (χ4n) is 8.36. The van der Waals surface area contributed by atoms with Crippen LogP contribution >= 0.6 is 0 Å². The summed E-state index contributed by atoms with van der Waals surface area (Å²) in [5.74, 6) is 2.14. The Balaban J connectivity index is 1.58. The number of nitrogens with zero attached hydrogens (tertiary/aromatic N) is 1. The van der Waals surface area contributed by atoms with Gasteiger partial charge in [0.25, 0.3) is 0 Å². The van der Waals surface area contributed by atoms with E-state index in [2.05, 4.69) is 20.8 Å². The zero-order chi connectivity index (χ0) is 18.5. The van der Waals surface area contributed by atoms with Crippen molar-refractivity contribution in [2.24, 2.45) is 29.1 Å². The van der Waals surface area contributed by atoms with Crippen LogP contribution in [-0.4, -0.2) is 34.2 Å². The molecule has 0 N–H and O–H groups in total. The molecule has 2 heterocycles. The summed E-state index contributed by atoms with van der Waals surface area (Å²) in [6.45, 7) is 7.99. The Morgan fingerprint density at radius 2 is 1.73 bits per heavy atom. The van der Waals surface area contributed by atoms with E-state index >= 15 is 0 Å². The lowest BCUT2D eigenvalue weighted by Gasteiger charge is -2.70. The number of hydrogen-bond donors (Lipinski definition) is 0. The Morgan fingerprint density at radius 1 is 1.08 bits per heavy atom. The third kappa shape index (κ3) is 2.07. The van der Waals surface area contributed by atoms with E-state index < -0.39 is 0 Å². The summed E-state index contributed by atoms with van der Waals surface area (Å²) < 4.78 is 5.69. The maximum Gasteiger partial charge on any atom is 0.331 e. The summed E-state index contributed by atoms with van der Waals surface area (Å²) in [7, 11) is 0. The molecule has 4 bridgehead atoms. The number of hydroxylamine groups is 2. The molecule has 0 amide bonds. The summed E-state index contributed by atoms with van der Waals surface area (Å²) in [6.07, 6.45) is 7.20. The van der Waals surface area contributed by atoms with Crippen LogP contribution in [0.2, 0.25) is 0 Å². The van der Waals surface area contributed by atoms with Crippen molar-refractivity contribution < 1.29 is 19.2 Å². The zero-order valence-electron chi connectivity index (χ0n) is 16.4. The Bertz CT molecular complexity index is 659. The normalized spacial score (nSPS) is 51.4. The lowest BCUT2D eigenvalue weighted by atomic mass is 9.40. The maximum absolute atomic E-state index is 13.3. The van der Waals surface area contributed by atoms with E-state index in [1.54, 1.807) is 0 Å². The van der Waals surface area contributed by atoms with Gasteiger partial charge in [0, 0.05) is 19.8 Å². The number of carbonyl (C=O) groups excluding carboxylic acids is 2. The van der Waals surface area contributed by atoms with Gasteiger partial charge in [0.05, 0.1) is 16.5 Å². The van der Waals surface area contributed by atoms with Crippen LogP contribution < -0.4 is 0 Å². The number of ether oxygens (including phenoxy) is 1. The van der Waals surface area contributed by atoms with Crippen molar-refractivity contribution in [2.75, 3.05) is 0 Å². The second-order valence-corrected chi connectivity index (χ2v) is 10.7. The number of esters is 1. The monoisotopic (exact) mass is 361 g/mol. The third-order valence-electron chi connectivity index (χ3n) is 8.28. The molecule has 0 aromatic carbocycles. The first-order chi connectivity index (χ1) is 12.1. The van der Waals surface area contributed by atoms with Gasteiger partial charge in [-0.3, -0.25) is 4.79 Å². The molecular weight excluding hydrogens is 330 g/mol. The summed E-state index contributed by atoms with van der Waals surface area (Å²) >= 11 is 0. The highest BCUT2D eigenvalue weighted by atomic mass is 16.7. The van der Waals surface area contributed by atoms with E-state index in [1.807, 2.05) is 5.06 Å². The van der Waals surface area contributed by atoms with Crippen LogP contribution in [0.1, 0.15) is 72.6 Å². The van der Waals surface area contributed by atoms with Crippen LogP contribution in [0.3, 0.4) is 0 Å². The fraction of sp³-hybridized carbons (Fsp3) is 0.905. The quantitative estimate of drug-likeness (QED) is 0.670. The van der Waals surface area contributed by atoms with Gasteiger partial charge >= 0.3 is 11.9 Å². The Kier molecular flexibility index (Phi) is 3.30. The van der Waals surface area contributed by atoms with Gasteiger partial charge in [-0.05, 0) is 76.5 Å². The van der Waals surface area contributed by atoms with E-state index in [1.165, 1.54) is 26.2 Å². The predicted molar refractivity (Wildman–Crippen MR) is 94.7 cm³/mol. The molecule has 4 aliphatic carbocycles. The average Bonchev–Trinajstić information content (AvgIpc) is 2.47. The summed E-state index contributed by atoms with van der Waals surface area (Å²) in [5, 5.41) is 2.01. The minimum atomic E-state index is -0.334. The SMILES string of the molecule is CC(=O)OC1CC(C)(C)N2OC(=O)C34CC5CC(CC(C5)C3C2(C)C1)C4. The molecule has 5 nitrogen and oxygen atoms in total. The third-order valence-corrected chi connectivity index (χ3v) is 8.28. The van der Waals surface area contributed by atoms with Crippen molar-refractivity contribution in [1.29, 1.82) is 0 Å². The van der Waals surface area contributed by atoms with E-state index in [-0.39, 0.29) is 34.5 Å². The molecule has 2 saturated heterocycles. The maximum atomic E-state index is 13.3. The minimum Gasteiger partial charge on any atom is -0.462 e. The van der Waals surface area contributed by atoms with E-state index in [0.717, 1.165) is 19.3 Å². The van der Waals surface area contributed by atoms with Crippen molar-refractivity contribution in [1.82, 2.24) is 5.06 Å². The summed E-state index contributed by atoms with van der Waals surface area (Å²) in [5.41, 5.74) is -0.888. The number of carbonyl (C=O) groups is 2. The minimum absolute atomic E-state index is 0.0260. The summed E-state index contributed by atoms with van der Waals surface area (Å²) in [4.78, 5) is 31.1. The number of piperidine rings is 1. The highest BCUT2D eigenvalue weighted by Crippen LogP contribution is 2.69. The van der Waals surface area contributed by atoms with E-state index in [4.69, 9.17) is 9.57 Å². The molecule has 4 saturated carbocycles. The van der Waals surface area contributed by atoms with Gasteiger partial charge in [-0.25, -0.2) is 4.79 Å². The van der Waals surface area contributed by atoms with Crippen LogP contribution in [0.5, 0.6) is 0 Å². The van der Waals surface area contributed by atoms with Gasteiger partial charge < -0.3 is 9.57 Å². The molecule has 6 aliphatic rings. The number of rotatable bonds is 1. The van der Waals surface area contributed by atoms with Crippen molar-refractivity contribution in [3.05, 3.63) is 0 Å². The second-order valence-electron chi connectivity index (χ2n) is 10.7. The fourth-order valence-corrected chi connectivity index (χ4v) is 8.36. The Morgan fingerprint density at radius 3 is 2.35 bits per heavy atom. The van der Waals surface area contributed by atoms with Gasteiger partial charge in [-0.15, -0.1) is 5.06 Å². The molecule has 6 fully saturated rings. The van der Waals surface area contributed by atoms with Gasteiger partial charge in [0.2, 0.25) is 0 Å². The van der Waals surface area contributed by atoms with Crippen LogP contribution in [0.25, 0.3) is 0 Å². The van der Waals surface area contributed by atoms with Crippen LogP contribution in [0.4, 0.5) is 0 Å². The van der Waals surface area contributed by atoms with Crippen molar-refractivity contribution in [3.8, 4) is 0 Å². The van der Waals surface area contributed by atoms with Crippen molar-refractivity contribution in [2.45, 2.75) is 89.8 Å². The van der Waals surface area contributed by atoms with Gasteiger partial charge in [0.15, 0.2) is 0 Å². The lowest BCUT2D eigenvalue weighted by molar-refractivity contribution is -0.352. The average molecular weight is 361 g/mol. The summed E-state index contributed by atoms with van der Waals surface area (Å²) in [6, 6.07) is 0. The molecule has 26 heavy (non-hydrogen) atoms. The molecule has 5 atom stereocenters. The van der Waals surface area contributed by atoms with Gasteiger partial charge in [-0.1, -0.05) is 0 Å². The van der Waals surface area contributed by atoms with Crippen LogP contribution in [0, 0.1) is 29.1 Å². The zero-order valence-corrected chi connectivity index (χ0v) is 16.4. The van der Waals surface area contributed by atoms with Crippen molar-refractivity contribution in [3.63, 3.8) is 0 Å². The molecule has 0 radical (unpaired) electrons. The molecule has 1 spiro atoms. The molecule has 6 rings (SSSR count). The van der Waals surface area contributed by atoms with Crippen molar-refractivity contribution >= 4 is 11.9 Å². The predicted octanol–water partition coefficient (Wildman–Crippen LogP) is 3.47. The highest BCUT2D eigenvalue weighted by Gasteiger charge is 2.72. The molecular formula is C21H31NO4. The van der Waals surface area contributed by atoms with E-state index in [0.29, 0.717) is 30.1 Å².